The van der Waals surface area contributed by atoms with E-state index < -0.39 is 29.3 Å². The van der Waals surface area contributed by atoms with Gasteiger partial charge in [0.1, 0.15) is 6.04 Å². The minimum atomic E-state index is -4.44. The second-order valence-electron chi connectivity index (χ2n) is 7.50. The fourth-order valence-corrected chi connectivity index (χ4v) is 4.74. The molecule has 7 nitrogen and oxygen atoms in total. The SMILES string of the molecule is COC(=O)C1=C(C)N=c2sc(=Cc3ccc(C(F)(F)F)cc3)c(=O)n2C1c1cnn(C)c1C. The topological polar surface area (TPSA) is 78.5 Å². The van der Waals surface area contributed by atoms with Crippen LogP contribution in [0.4, 0.5) is 13.2 Å². The summed E-state index contributed by atoms with van der Waals surface area (Å²) >= 11 is 1.10. The number of carbonyl (C=O) groups is 1. The number of nitrogens with zero attached hydrogens (tertiary/aromatic N) is 4. The Balaban J connectivity index is 1.92. The van der Waals surface area contributed by atoms with Crippen molar-refractivity contribution in [3.05, 3.63) is 83.8 Å². The Labute approximate surface area is 189 Å². The van der Waals surface area contributed by atoms with Gasteiger partial charge in [0.15, 0.2) is 4.80 Å². The molecule has 1 aliphatic rings. The van der Waals surface area contributed by atoms with Crippen molar-refractivity contribution < 1.29 is 22.7 Å². The quantitative estimate of drug-likeness (QED) is 0.544. The van der Waals surface area contributed by atoms with Crippen LogP contribution < -0.4 is 14.9 Å². The van der Waals surface area contributed by atoms with Crippen LogP contribution in [0, 0.1) is 6.92 Å². The average Bonchev–Trinajstić information content (AvgIpc) is 3.25. The number of esters is 1. The third-order valence-corrected chi connectivity index (χ3v) is 6.51. The third kappa shape index (κ3) is 3.92. The smallest absolute Gasteiger partial charge is 0.416 e. The molecule has 0 saturated heterocycles. The minimum Gasteiger partial charge on any atom is -0.466 e. The number of allylic oxidation sites excluding steroid dienone is 1. The van der Waals surface area contributed by atoms with Crippen LogP contribution >= 0.6 is 11.3 Å². The van der Waals surface area contributed by atoms with Crippen molar-refractivity contribution in [2.45, 2.75) is 26.1 Å². The van der Waals surface area contributed by atoms with E-state index in [1.807, 2.05) is 6.92 Å². The number of hydrogen-bond acceptors (Lipinski definition) is 6. The van der Waals surface area contributed by atoms with Crippen LogP contribution in [0.3, 0.4) is 0 Å². The number of hydrogen-bond donors (Lipinski definition) is 0. The number of halogens is 3. The van der Waals surface area contributed by atoms with E-state index in [0.29, 0.717) is 21.6 Å². The van der Waals surface area contributed by atoms with Crippen molar-refractivity contribution >= 4 is 23.4 Å². The fraction of sp³-hybridized carbons (Fsp3) is 0.273. The van der Waals surface area contributed by atoms with Gasteiger partial charge >= 0.3 is 12.1 Å². The molecule has 1 aliphatic heterocycles. The molecule has 3 heterocycles. The fourth-order valence-electron chi connectivity index (χ4n) is 3.69. The molecule has 0 amide bonds. The predicted octanol–water partition coefficient (Wildman–Crippen LogP) is 2.47. The van der Waals surface area contributed by atoms with Gasteiger partial charge in [0.05, 0.1) is 34.7 Å². The lowest BCUT2D eigenvalue weighted by atomic mass is 9.96. The zero-order valence-electron chi connectivity index (χ0n) is 18.1. The van der Waals surface area contributed by atoms with Gasteiger partial charge in [-0.15, -0.1) is 0 Å². The summed E-state index contributed by atoms with van der Waals surface area (Å²) in [7, 11) is 3.01. The molecule has 2 aromatic heterocycles. The molecule has 0 radical (unpaired) electrons. The highest BCUT2D eigenvalue weighted by molar-refractivity contribution is 7.07. The van der Waals surface area contributed by atoms with Crippen molar-refractivity contribution in [2.24, 2.45) is 12.0 Å². The number of methoxy groups -OCH3 is 1. The number of thiazole rings is 1. The van der Waals surface area contributed by atoms with E-state index in [1.165, 1.54) is 29.9 Å². The van der Waals surface area contributed by atoms with Gasteiger partial charge in [-0.2, -0.15) is 18.3 Å². The van der Waals surface area contributed by atoms with E-state index in [1.54, 1.807) is 24.9 Å². The van der Waals surface area contributed by atoms with Crippen molar-refractivity contribution in [1.29, 1.82) is 0 Å². The molecule has 11 heteroatoms. The third-order valence-electron chi connectivity index (χ3n) is 5.53. The minimum absolute atomic E-state index is 0.224. The highest BCUT2D eigenvalue weighted by Gasteiger charge is 2.35. The van der Waals surface area contributed by atoms with Crippen LogP contribution in [0.25, 0.3) is 6.08 Å². The number of ether oxygens (including phenoxy) is 1. The molecule has 3 aromatic rings. The first kappa shape index (κ1) is 22.7. The van der Waals surface area contributed by atoms with Crippen LogP contribution in [0.2, 0.25) is 0 Å². The monoisotopic (exact) mass is 476 g/mol. The maximum atomic E-state index is 13.4. The van der Waals surface area contributed by atoms with Crippen LogP contribution in [0.5, 0.6) is 0 Å². The number of fused-ring (bicyclic) bond motifs is 1. The lowest BCUT2D eigenvalue weighted by Crippen LogP contribution is -2.40. The normalized spacial score (nSPS) is 16.6. The predicted molar refractivity (Wildman–Crippen MR) is 115 cm³/mol. The van der Waals surface area contributed by atoms with Crippen molar-refractivity contribution in [2.75, 3.05) is 7.11 Å². The number of carbonyl (C=O) groups excluding carboxylic acids is 1. The number of rotatable bonds is 3. The Morgan fingerprint density at radius 1 is 1.21 bits per heavy atom. The summed E-state index contributed by atoms with van der Waals surface area (Å²) in [5.41, 5.74) is 1.29. The van der Waals surface area contributed by atoms with Crippen LogP contribution in [0.1, 0.15) is 35.3 Å². The highest BCUT2D eigenvalue weighted by atomic mass is 32.1. The van der Waals surface area contributed by atoms with Gasteiger partial charge in [-0.25, -0.2) is 9.79 Å². The van der Waals surface area contributed by atoms with E-state index in [4.69, 9.17) is 4.74 Å². The summed E-state index contributed by atoms with van der Waals surface area (Å²) in [6.45, 7) is 3.49. The van der Waals surface area contributed by atoms with Gasteiger partial charge in [-0.1, -0.05) is 23.5 Å². The molecule has 0 aliphatic carbocycles. The summed E-state index contributed by atoms with van der Waals surface area (Å²) in [6, 6.07) is 3.73. The lowest BCUT2D eigenvalue weighted by Gasteiger charge is -2.23. The summed E-state index contributed by atoms with van der Waals surface area (Å²) in [6.07, 6.45) is -1.34. The van der Waals surface area contributed by atoms with Crippen molar-refractivity contribution in [1.82, 2.24) is 14.3 Å². The molecular formula is C22H19F3N4O3S. The van der Waals surface area contributed by atoms with Gasteiger partial charge in [-0.05, 0) is 37.6 Å². The summed E-state index contributed by atoms with van der Waals surface area (Å²) in [5.74, 6) is -0.610. The number of aromatic nitrogens is 3. The average molecular weight is 476 g/mol. The Morgan fingerprint density at radius 3 is 2.42 bits per heavy atom. The molecule has 0 spiro atoms. The Morgan fingerprint density at radius 2 is 1.88 bits per heavy atom. The van der Waals surface area contributed by atoms with E-state index in [-0.39, 0.29) is 10.1 Å². The van der Waals surface area contributed by atoms with E-state index >= 15 is 0 Å². The zero-order chi connectivity index (χ0) is 24.1. The van der Waals surface area contributed by atoms with Gasteiger partial charge in [0.25, 0.3) is 5.56 Å². The summed E-state index contributed by atoms with van der Waals surface area (Å²) < 4.78 is 46.8. The molecule has 1 unspecified atom stereocenters. The summed E-state index contributed by atoms with van der Waals surface area (Å²) in [5, 5.41) is 4.24. The number of benzene rings is 1. The van der Waals surface area contributed by atoms with E-state index in [0.717, 1.165) is 29.2 Å². The molecule has 0 saturated carbocycles. The molecule has 1 aromatic carbocycles. The van der Waals surface area contributed by atoms with Crippen molar-refractivity contribution in [3.8, 4) is 0 Å². The number of aryl methyl sites for hydroxylation is 1. The maximum absolute atomic E-state index is 13.4. The number of alkyl halides is 3. The molecule has 33 heavy (non-hydrogen) atoms. The zero-order valence-corrected chi connectivity index (χ0v) is 18.9. The Bertz CT molecular complexity index is 1460. The molecule has 0 bridgehead atoms. The Kier molecular flexibility index (Phi) is 5.61. The van der Waals surface area contributed by atoms with E-state index in [9.17, 15) is 22.8 Å². The second-order valence-corrected chi connectivity index (χ2v) is 8.51. The van der Waals surface area contributed by atoms with Gasteiger partial charge in [0.2, 0.25) is 0 Å². The van der Waals surface area contributed by atoms with Gasteiger partial charge in [0, 0.05) is 18.3 Å². The van der Waals surface area contributed by atoms with Gasteiger partial charge < -0.3 is 4.74 Å². The van der Waals surface area contributed by atoms with E-state index in [2.05, 4.69) is 10.1 Å². The van der Waals surface area contributed by atoms with Gasteiger partial charge in [-0.3, -0.25) is 14.0 Å². The van der Waals surface area contributed by atoms with Crippen molar-refractivity contribution in [3.63, 3.8) is 0 Å². The molecule has 0 fully saturated rings. The largest absolute Gasteiger partial charge is 0.466 e. The lowest BCUT2D eigenvalue weighted by molar-refractivity contribution is -0.138. The molecule has 172 valence electrons. The first-order valence-electron chi connectivity index (χ1n) is 9.79. The molecule has 1 atom stereocenters. The van der Waals surface area contributed by atoms with Crippen LogP contribution in [-0.2, 0) is 22.8 Å². The highest BCUT2D eigenvalue weighted by Crippen LogP contribution is 2.32. The Hall–Kier alpha value is -3.47. The van der Waals surface area contributed by atoms with Crippen LogP contribution in [-0.4, -0.2) is 27.4 Å². The molecule has 0 N–H and O–H groups in total. The maximum Gasteiger partial charge on any atom is 0.416 e. The summed E-state index contributed by atoms with van der Waals surface area (Å²) in [4.78, 5) is 30.9. The first-order chi connectivity index (χ1) is 15.5. The standard InChI is InChI=1S/C22H19F3N4O3S/c1-11-17(20(31)32-4)18(15-10-26-28(3)12(15)2)29-19(30)16(33-21(29)27-11)9-13-5-7-14(8-6-13)22(23,24)25/h5-10,18H,1-4H3. The molecular weight excluding hydrogens is 457 g/mol. The second kappa shape index (κ2) is 8.14. The van der Waals surface area contributed by atoms with Crippen LogP contribution in [0.15, 0.2) is 51.5 Å². The molecule has 4 rings (SSSR count). The first-order valence-corrected chi connectivity index (χ1v) is 10.6.